The number of rotatable bonds is 3. The number of ketones is 1. The average Bonchev–Trinajstić information content (AvgIpc) is 2.55. The van der Waals surface area contributed by atoms with E-state index in [9.17, 15) is 15.0 Å². The lowest BCUT2D eigenvalue weighted by atomic mass is 9.45. The van der Waals surface area contributed by atoms with Crippen LogP contribution in [-0.2, 0) is 4.79 Å². The van der Waals surface area contributed by atoms with Crippen LogP contribution in [0, 0.1) is 29.1 Å². The number of Topliss-reactive ketones (excluding diaryl/α,β-unsaturated/α-hetero) is 1. The summed E-state index contributed by atoms with van der Waals surface area (Å²) in [7, 11) is 0. The molecule has 0 aliphatic heterocycles. The van der Waals surface area contributed by atoms with Gasteiger partial charge in [0.05, 0.1) is 12.2 Å². The maximum atomic E-state index is 12.2. The third-order valence-corrected chi connectivity index (χ3v) is 6.73. The van der Waals surface area contributed by atoms with E-state index in [1.165, 1.54) is 19.3 Å². The summed E-state index contributed by atoms with van der Waals surface area (Å²) in [5, 5.41) is 20.8. The summed E-state index contributed by atoms with van der Waals surface area (Å²) < 4.78 is 0. The van der Waals surface area contributed by atoms with Crippen molar-refractivity contribution in [2.75, 3.05) is 0 Å². The molecular formula is C19H30O3. The lowest BCUT2D eigenvalue weighted by Crippen LogP contribution is -2.62. The van der Waals surface area contributed by atoms with Gasteiger partial charge in [0, 0.05) is 17.3 Å². The zero-order chi connectivity index (χ0) is 15.9. The number of fused-ring (bicyclic) bond motifs is 1. The van der Waals surface area contributed by atoms with Gasteiger partial charge < -0.3 is 10.2 Å². The van der Waals surface area contributed by atoms with Gasteiger partial charge in [-0.05, 0) is 37.5 Å². The molecule has 22 heavy (non-hydrogen) atoms. The molecule has 0 radical (unpaired) electrons. The minimum atomic E-state index is -0.397. The second kappa shape index (κ2) is 6.09. The van der Waals surface area contributed by atoms with E-state index in [-0.39, 0.29) is 29.3 Å². The molecule has 2 N–H and O–H groups in total. The van der Waals surface area contributed by atoms with Gasteiger partial charge in [-0.15, -0.1) is 0 Å². The Morgan fingerprint density at radius 1 is 1.23 bits per heavy atom. The molecule has 6 atom stereocenters. The van der Waals surface area contributed by atoms with Gasteiger partial charge in [-0.25, -0.2) is 0 Å². The predicted molar refractivity (Wildman–Crippen MR) is 86.2 cm³/mol. The smallest absolute Gasteiger partial charge is 0.142 e. The molecule has 0 aromatic carbocycles. The second-order valence-corrected chi connectivity index (χ2v) is 8.05. The summed E-state index contributed by atoms with van der Waals surface area (Å²) in [6.45, 7) is 4.05. The zero-order valence-corrected chi connectivity index (χ0v) is 13.9. The maximum Gasteiger partial charge on any atom is 0.142 e. The van der Waals surface area contributed by atoms with E-state index in [0.29, 0.717) is 18.1 Å². The fourth-order valence-electron chi connectivity index (χ4n) is 5.35. The normalized spacial score (nSPS) is 44.6. The Morgan fingerprint density at radius 3 is 2.59 bits per heavy atom. The van der Waals surface area contributed by atoms with Crippen molar-refractivity contribution in [3.63, 3.8) is 0 Å². The van der Waals surface area contributed by atoms with Crippen molar-refractivity contribution in [2.45, 2.75) is 71.0 Å². The number of carbonyl (C=O) groups excluding carboxylic acids is 1. The molecule has 1 unspecified atom stereocenters. The lowest BCUT2D eigenvalue weighted by molar-refractivity contribution is -0.170. The molecular weight excluding hydrogens is 276 g/mol. The van der Waals surface area contributed by atoms with Gasteiger partial charge >= 0.3 is 0 Å². The first-order valence-electron chi connectivity index (χ1n) is 9.04. The van der Waals surface area contributed by atoms with Gasteiger partial charge in [0.2, 0.25) is 0 Å². The summed E-state index contributed by atoms with van der Waals surface area (Å²) in [6, 6.07) is 0. The molecule has 0 aromatic rings. The third kappa shape index (κ3) is 2.56. The van der Waals surface area contributed by atoms with E-state index < -0.39 is 6.10 Å². The first kappa shape index (κ1) is 16.2. The first-order valence-corrected chi connectivity index (χ1v) is 9.04. The quantitative estimate of drug-likeness (QED) is 0.788. The van der Waals surface area contributed by atoms with Gasteiger partial charge in [-0.3, -0.25) is 4.79 Å². The molecule has 3 aliphatic rings. The second-order valence-electron chi connectivity index (χ2n) is 8.05. The predicted octanol–water partition coefficient (Wildman–Crippen LogP) is 3.10. The molecule has 3 rings (SSSR count). The minimum absolute atomic E-state index is 0.0182. The molecule has 0 heterocycles. The van der Waals surface area contributed by atoms with Crippen molar-refractivity contribution in [1.29, 1.82) is 0 Å². The number of hydrogen-bond acceptors (Lipinski definition) is 3. The average molecular weight is 306 g/mol. The Balaban J connectivity index is 1.69. The first-order chi connectivity index (χ1) is 10.4. The molecule has 3 fully saturated rings. The van der Waals surface area contributed by atoms with Crippen LogP contribution in [0.3, 0.4) is 0 Å². The van der Waals surface area contributed by atoms with E-state index in [1.54, 1.807) is 0 Å². The van der Waals surface area contributed by atoms with Gasteiger partial charge in [0.1, 0.15) is 5.78 Å². The molecule has 0 aromatic heterocycles. The van der Waals surface area contributed by atoms with E-state index >= 15 is 0 Å². The highest BCUT2D eigenvalue weighted by molar-refractivity contribution is 5.93. The van der Waals surface area contributed by atoms with Crippen LogP contribution in [0.1, 0.15) is 58.8 Å². The molecule has 124 valence electrons. The van der Waals surface area contributed by atoms with Crippen molar-refractivity contribution in [1.82, 2.24) is 0 Å². The van der Waals surface area contributed by atoms with E-state index in [2.05, 4.69) is 6.92 Å². The highest BCUT2D eigenvalue weighted by Gasteiger charge is 2.61. The summed E-state index contributed by atoms with van der Waals surface area (Å²) in [5.74, 6) is 1.03. The van der Waals surface area contributed by atoms with Gasteiger partial charge in [0.15, 0.2) is 0 Å². The van der Waals surface area contributed by atoms with Crippen LogP contribution in [0.5, 0.6) is 0 Å². The minimum Gasteiger partial charge on any atom is -0.393 e. The van der Waals surface area contributed by atoms with Crippen molar-refractivity contribution in [3.8, 4) is 0 Å². The Hall–Kier alpha value is -0.670. The van der Waals surface area contributed by atoms with Gasteiger partial charge in [0.25, 0.3) is 0 Å². The summed E-state index contributed by atoms with van der Waals surface area (Å²) in [5.41, 5.74) is -0.247. The fourth-order valence-corrected chi connectivity index (χ4v) is 5.35. The highest BCUT2D eigenvalue weighted by Crippen LogP contribution is 2.58. The van der Waals surface area contributed by atoms with Gasteiger partial charge in [-0.2, -0.15) is 0 Å². The van der Waals surface area contributed by atoms with E-state index in [0.717, 1.165) is 19.3 Å². The van der Waals surface area contributed by atoms with Crippen LogP contribution < -0.4 is 0 Å². The topological polar surface area (TPSA) is 57.5 Å². The van der Waals surface area contributed by atoms with Crippen molar-refractivity contribution in [3.05, 3.63) is 12.2 Å². The molecule has 0 saturated heterocycles. The van der Waals surface area contributed by atoms with Crippen molar-refractivity contribution < 1.29 is 15.0 Å². The monoisotopic (exact) mass is 306 g/mol. The summed E-state index contributed by atoms with van der Waals surface area (Å²) in [6.07, 6.45) is 10.6. The van der Waals surface area contributed by atoms with Gasteiger partial charge in [-0.1, -0.05) is 45.3 Å². The molecule has 3 aliphatic carbocycles. The molecule has 0 amide bonds. The fraction of sp³-hybridized carbons (Fsp3) is 0.842. The van der Waals surface area contributed by atoms with E-state index in [1.807, 2.05) is 19.1 Å². The third-order valence-electron chi connectivity index (χ3n) is 6.73. The Morgan fingerprint density at radius 2 is 1.91 bits per heavy atom. The van der Waals surface area contributed by atoms with Crippen LogP contribution in [0.4, 0.5) is 0 Å². The largest absolute Gasteiger partial charge is 0.393 e. The molecule has 3 nitrogen and oxygen atoms in total. The molecule has 3 saturated carbocycles. The SMILES string of the molecule is CC1C(=O)[C@]2(C)CC[C@H](O)[C@@H](/C=C/[C@H](O)C3CCCCC3)[C@H]12. The Labute approximate surface area is 133 Å². The molecule has 0 spiro atoms. The van der Waals surface area contributed by atoms with Crippen LogP contribution in [0.25, 0.3) is 0 Å². The van der Waals surface area contributed by atoms with Crippen LogP contribution in [0.15, 0.2) is 12.2 Å². The molecule has 0 bridgehead atoms. The Bertz CT molecular complexity index is 452. The summed E-state index contributed by atoms with van der Waals surface area (Å²) >= 11 is 0. The number of carbonyl (C=O) groups is 1. The van der Waals surface area contributed by atoms with Crippen LogP contribution in [-0.4, -0.2) is 28.2 Å². The van der Waals surface area contributed by atoms with Crippen LogP contribution in [0.2, 0.25) is 0 Å². The zero-order valence-electron chi connectivity index (χ0n) is 13.9. The van der Waals surface area contributed by atoms with E-state index in [4.69, 9.17) is 0 Å². The summed E-state index contributed by atoms with van der Waals surface area (Å²) in [4.78, 5) is 12.2. The standard InChI is InChI=1S/C19H30O3/c1-12-17-14(16(21)10-11-19(17,2)18(12)22)8-9-15(20)13-6-4-3-5-7-13/h8-9,12-17,20-21H,3-7,10-11H2,1-2H3/b9-8+/t12?,14-,15+,16+,17+,19-/m1/s1. The maximum absolute atomic E-state index is 12.2. The van der Waals surface area contributed by atoms with Crippen LogP contribution >= 0.6 is 0 Å². The number of aliphatic hydroxyl groups excluding tert-OH is 2. The Kier molecular flexibility index (Phi) is 4.48. The van der Waals surface area contributed by atoms with Crippen molar-refractivity contribution in [2.24, 2.45) is 29.1 Å². The van der Waals surface area contributed by atoms with Crippen molar-refractivity contribution >= 4 is 5.78 Å². The highest BCUT2D eigenvalue weighted by atomic mass is 16.3. The number of hydrogen-bond donors (Lipinski definition) is 2. The lowest BCUT2D eigenvalue weighted by Gasteiger charge is -2.57. The number of aliphatic hydroxyl groups is 2. The molecule has 3 heteroatoms.